The summed E-state index contributed by atoms with van der Waals surface area (Å²) in [6, 6.07) is 10.7. The summed E-state index contributed by atoms with van der Waals surface area (Å²) in [6.45, 7) is -0.221. The first kappa shape index (κ1) is 24.4. The number of amides is 2. The number of carbonyl (C=O) groups excluding carboxylic acids is 3. The highest BCUT2D eigenvalue weighted by molar-refractivity contribution is 5.93. The molecular formula is C21H20F3N3O5. The van der Waals surface area contributed by atoms with Crippen molar-refractivity contribution in [1.29, 1.82) is 0 Å². The van der Waals surface area contributed by atoms with Crippen molar-refractivity contribution in [2.75, 3.05) is 19.0 Å². The van der Waals surface area contributed by atoms with E-state index < -0.39 is 29.5 Å². The number of rotatable bonds is 9. The van der Waals surface area contributed by atoms with Crippen molar-refractivity contribution in [2.45, 2.75) is 19.0 Å². The van der Waals surface area contributed by atoms with Crippen LogP contribution in [0.5, 0.6) is 5.75 Å². The van der Waals surface area contributed by atoms with E-state index >= 15 is 0 Å². The molecule has 0 saturated heterocycles. The maximum absolute atomic E-state index is 12.7. The van der Waals surface area contributed by atoms with Crippen LogP contribution in [0.15, 0.2) is 53.6 Å². The van der Waals surface area contributed by atoms with Gasteiger partial charge >= 0.3 is 12.1 Å². The van der Waals surface area contributed by atoms with Gasteiger partial charge in [0.25, 0.3) is 0 Å². The first-order valence-electron chi connectivity index (χ1n) is 9.26. The minimum atomic E-state index is -4.52. The summed E-state index contributed by atoms with van der Waals surface area (Å²) in [5.74, 6) is -1.21. The molecule has 0 unspecified atom stereocenters. The molecule has 0 aliphatic carbocycles. The molecule has 11 heteroatoms. The minimum absolute atomic E-state index is 0.0118. The molecule has 0 radical (unpaired) electrons. The van der Waals surface area contributed by atoms with Gasteiger partial charge < -0.3 is 14.8 Å². The van der Waals surface area contributed by atoms with Crippen LogP contribution in [0.4, 0.5) is 18.9 Å². The van der Waals surface area contributed by atoms with E-state index in [1.807, 2.05) is 0 Å². The summed E-state index contributed by atoms with van der Waals surface area (Å²) in [6.07, 6.45) is -3.59. The summed E-state index contributed by atoms with van der Waals surface area (Å²) in [5.41, 5.74) is 1.99. The second-order valence-electron chi connectivity index (χ2n) is 6.35. The zero-order chi connectivity index (χ0) is 23.6. The molecule has 8 nitrogen and oxygen atoms in total. The van der Waals surface area contributed by atoms with Crippen molar-refractivity contribution >= 4 is 29.7 Å². The Labute approximate surface area is 181 Å². The van der Waals surface area contributed by atoms with E-state index in [-0.39, 0.29) is 25.1 Å². The topological polar surface area (TPSA) is 106 Å². The number of hydrogen-bond acceptors (Lipinski definition) is 6. The summed E-state index contributed by atoms with van der Waals surface area (Å²) >= 11 is 0. The predicted molar refractivity (Wildman–Crippen MR) is 109 cm³/mol. The molecule has 0 saturated carbocycles. The number of carbonyl (C=O) groups is 3. The molecule has 2 rings (SSSR count). The number of nitrogens with zero attached hydrogens (tertiary/aromatic N) is 1. The molecule has 0 fully saturated rings. The van der Waals surface area contributed by atoms with E-state index in [1.165, 1.54) is 25.5 Å². The number of nitrogens with one attached hydrogen (secondary N) is 2. The van der Waals surface area contributed by atoms with E-state index in [4.69, 9.17) is 4.74 Å². The van der Waals surface area contributed by atoms with Gasteiger partial charge in [0.05, 0.1) is 18.9 Å². The summed E-state index contributed by atoms with van der Waals surface area (Å²) in [5, 5.41) is 6.08. The van der Waals surface area contributed by atoms with E-state index in [1.54, 1.807) is 24.3 Å². The third-order valence-corrected chi connectivity index (χ3v) is 3.92. The molecule has 0 atom stereocenters. The molecule has 0 bridgehead atoms. The monoisotopic (exact) mass is 451 g/mol. The van der Waals surface area contributed by atoms with Crippen LogP contribution >= 0.6 is 0 Å². The van der Waals surface area contributed by atoms with Gasteiger partial charge in [0.15, 0.2) is 6.61 Å². The maximum Gasteiger partial charge on any atom is 0.416 e. The Hall–Kier alpha value is -3.89. The standard InChI is InChI=1S/C21H20F3N3O5/c1-31-20(30)13-32-17-7-5-14(6-8-17)12-25-27-19(29)10-9-18(28)26-16-4-2-3-15(11-16)21(22,23)24/h2-8,11-12H,9-10,13H2,1H3,(H,26,28)(H,27,29). The van der Waals surface area contributed by atoms with Crippen molar-refractivity contribution in [2.24, 2.45) is 5.10 Å². The number of ether oxygens (including phenoxy) is 2. The lowest BCUT2D eigenvalue weighted by atomic mass is 10.2. The number of benzene rings is 2. The highest BCUT2D eigenvalue weighted by Crippen LogP contribution is 2.30. The molecule has 0 aromatic heterocycles. The third-order valence-electron chi connectivity index (χ3n) is 3.92. The number of anilines is 1. The van der Waals surface area contributed by atoms with Crippen LogP contribution in [0.3, 0.4) is 0 Å². The Bertz CT molecular complexity index is 975. The molecular weight excluding hydrogens is 431 g/mol. The summed E-state index contributed by atoms with van der Waals surface area (Å²) in [7, 11) is 1.25. The van der Waals surface area contributed by atoms with Gasteiger partial charge in [0.2, 0.25) is 11.8 Å². The Morgan fingerprint density at radius 1 is 1.03 bits per heavy atom. The van der Waals surface area contributed by atoms with Crippen molar-refractivity contribution in [3.63, 3.8) is 0 Å². The lowest BCUT2D eigenvalue weighted by Crippen LogP contribution is -2.20. The van der Waals surface area contributed by atoms with Crippen molar-refractivity contribution in [3.05, 3.63) is 59.7 Å². The van der Waals surface area contributed by atoms with Crippen LogP contribution < -0.4 is 15.5 Å². The molecule has 2 amide bonds. The van der Waals surface area contributed by atoms with Crippen LogP contribution in [0, 0.1) is 0 Å². The first-order valence-corrected chi connectivity index (χ1v) is 9.26. The number of esters is 1. The predicted octanol–water partition coefficient (Wildman–Crippen LogP) is 3.13. The van der Waals surface area contributed by atoms with Gasteiger partial charge in [-0.3, -0.25) is 9.59 Å². The Kier molecular flexibility index (Phi) is 8.75. The third kappa shape index (κ3) is 8.46. The van der Waals surface area contributed by atoms with Gasteiger partial charge in [0.1, 0.15) is 5.75 Å². The van der Waals surface area contributed by atoms with Crippen LogP contribution in [-0.2, 0) is 25.3 Å². The van der Waals surface area contributed by atoms with Crippen LogP contribution in [0.2, 0.25) is 0 Å². The fourth-order valence-electron chi connectivity index (χ4n) is 2.31. The van der Waals surface area contributed by atoms with Gasteiger partial charge in [0, 0.05) is 18.5 Å². The SMILES string of the molecule is COC(=O)COc1ccc(C=NNC(=O)CCC(=O)Nc2cccc(C(F)(F)F)c2)cc1. The molecule has 2 N–H and O–H groups in total. The Balaban J connectivity index is 1.74. The largest absolute Gasteiger partial charge is 0.482 e. The number of halogens is 3. The van der Waals surface area contributed by atoms with E-state index in [2.05, 4.69) is 20.6 Å². The van der Waals surface area contributed by atoms with Crippen LogP contribution in [0.1, 0.15) is 24.0 Å². The average molecular weight is 451 g/mol. The molecule has 32 heavy (non-hydrogen) atoms. The zero-order valence-corrected chi connectivity index (χ0v) is 16.9. The Morgan fingerprint density at radius 3 is 2.38 bits per heavy atom. The van der Waals surface area contributed by atoms with Gasteiger partial charge in [-0.15, -0.1) is 0 Å². The lowest BCUT2D eigenvalue weighted by molar-refractivity contribution is -0.143. The molecule has 0 aliphatic rings. The van der Waals surface area contributed by atoms with Gasteiger partial charge in [-0.05, 0) is 48.0 Å². The second kappa shape index (κ2) is 11.5. The van der Waals surface area contributed by atoms with E-state index in [0.717, 1.165) is 12.1 Å². The van der Waals surface area contributed by atoms with E-state index in [9.17, 15) is 27.6 Å². The smallest absolute Gasteiger partial charge is 0.416 e. The fraction of sp³-hybridized carbons (Fsp3) is 0.238. The molecule has 0 heterocycles. The number of hydrazone groups is 1. The summed E-state index contributed by atoms with van der Waals surface area (Å²) in [4.78, 5) is 34.7. The number of methoxy groups -OCH3 is 1. The van der Waals surface area contributed by atoms with E-state index in [0.29, 0.717) is 11.3 Å². The summed E-state index contributed by atoms with van der Waals surface area (Å²) < 4.78 is 47.7. The minimum Gasteiger partial charge on any atom is -0.482 e. The number of hydrogen-bond donors (Lipinski definition) is 2. The van der Waals surface area contributed by atoms with Gasteiger partial charge in [-0.25, -0.2) is 10.2 Å². The van der Waals surface area contributed by atoms with Gasteiger partial charge in [-0.1, -0.05) is 6.07 Å². The lowest BCUT2D eigenvalue weighted by Gasteiger charge is -2.09. The number of alkyl halides is 3. The van der Waals surface area contributed by atoms with Gasteiger partial charge in [-0.2, -0.15) is 18.3 Å². The normalized spacial score (nSPS) is 11.1. The fourth-order valence-corrected chi connectivity index (χ4v) is 2.31. The molecule has 0 spiro atoms. The molecule has 170 valence electrons. The van der Waals surface area contributed by atoms with Crippen molar-refractivity contribution in [1.82, 2.24) is 5.43 Å². The van der Waals surface area contributed by atoms with Crippen molar-refractivity contribution in [3.8, 4) is 5.75 Å². The molecule has 0 aliphatic heterocycles. The maximum atomic E-state index is 12.7. The average Bonchev–Trinajstić information content (AvgIpc) is 2.76. The zero-order valence-electron chi connectivity index (χ0n) is 16.9. The first-order chi connectivity index (χ1) is 15.2. The highest BCUT2D eigenvalue weighted by Gasteiger charge is 2.30. The molecule has 2 aromatic carbocycles. The van der Waals surface area contributed by atoms with Crippen LogP contribution in [-0.4, -0.2) is 37.7 Å². The van der Waals surface area contributed by atoms with Crippen LogP contribution in [0.25, 0.3) is 0 Å². The second-order valence-corrected chi connectivity index (χ2v) is 6.35. The molecule has 2 aromatic rings. The quantitative estimate of drug-likeness (QED) is 0.346. The highest BCUT2D eigenvalue weighted by atomic mass is 19.4. The van der Waals surface area contributed by atoms with Crippen molar-refractivity contribution < 1.29 is 37.0 Å². The Morgan fingerprint density at radius 2 is 1.72 bits per heavy atom.